The standard InChI is InChI=1S/C45H28N2S2/c1-2-9-27(10-3-1)34-15-8-16-35-42-39(48-43(34)35)26-23-36-44(42)49-45(46-36)30-17-21-31(22-18-30)47-37-24-19-28-11-4-6-13-32(28)40(37)41-33-14-7-5-12-29(33)20-25-38(41)47/h1-26,45-46H. The van der Waals surface area contributed by atoms with E-state index in [0.29, 0.717) is 0 Å². The highest BCUT2D eigenvalue weighted by Crippen LogP contribution is 2.53. The van der Waals surface area contributed by atoms with Crippen molar-refractivity contribution in [1.29, 1.82) is 0 Å². The van der Waals surface area contributed by atoms with Crippen LogP contribution in [0.15, 0.2) is 163 Å². The second kappa shape index (κ2) is 10.5. The number of nitrogens with zero attached hydrogens (tertiary/aromatic N) is 1. The van der Waals surface area contributed by atoms with Gasteiger partial charge in [0.1, 0.15) is 5.37 Å². The van der Waals surface area contributed by atoms with Crippen LogP contribution in [-0.2, 0) is 0 Å². The van der Waals surface area contributed by atoms with Crippen LogP contribution in [0.25, 0.3) is 80.3 Å². The quantitative estimate of drug-likeness (QED) is 0.203. The summed E-state index contributed by atoms with van der Waals surface area (Å²) in [6.07, 6.45) is 0. The largest absolute Gasteiger partial charge is 0.368 e. The van der Waals surface area contributed by atoms with Crippen LogP contribution in [0.4, 0.5) is 5.69 Å². The molecule has 1 atom stereocenters. The monoisotopic (exact) mass is 660 g/mol. The summed E-state index contributed by atoms with van der Waals surface area (Å²) in [5, 5.41) is 14.5. The molecule has 1 unspecified atom stereocenters. The summed E-state index contributed by atoms with van der Waals surface area (Å²) >= 11 is 3.85. The van der Waals surface area contributed by atoms with Crippen LogP contribution in [-0.4, -0.2) is 4.57 Å². The lowest BCUT2D eigenvalue weighted by Gasteiger charge is -2.13. The normalized spacial score (nSPS) is 14.4. The smallest absolute Gasteiger partial charge is 0.103 e. The highest BCUT2D eigenvalue weighted by atomic mass is 32.2. The number of anilines is 1. The fourth-order valence-corrected chi connectivity index (χ4v) is 10.6. The molecule has 3 heterocycles. The van der Waals surface area contributed by atoms with Crippen molar-refractivity contribution in [2.75, 3.05) is 5.32 Å². The Balaban J connectivity index is 1.02. The molecule has 0 saturated heterocycles. The topological polar surface area (TPSA) is 17.0 Å². The molecule has 2 nitrogen and oxygen atoms in total. The van der Waals surface area contributed by atoms with Crippen molar-refractivity contribution in [3.63, 3.8) is 0 Å². The summed E-state index contributed by atoms with van der Waals surface area (Å²) in [5.74, 6) is 0. The van der Waals surface area contributed by atoms with Crippen LogP contribution in [0.1, 0.15) is 10.9 Å². The summed E-state index contributed by atoms with van der Waals surface area (Å²) in [6, 6.07) is 57.9. The van der Waals surface area contributed by atoms with Gasteiger partial charge in [0.2, 0.25) is 0 Å². The number of aromatic nitrogens is 1. The lowest BCUT2D eigenvalue weighted by atomic mass is 10.00. The van der Waals surface area contributed by atoms with Crippen molar-refractivity contribution in [3.05, 3.63) is 163 Å². The molecule has 0 bridgehead atoms. The maximum Gasteiger partial charge on any atom is 0.103 e. The van der Waals surface area contributed by atoms with Crippen LogP contribution in [0.5, 0.6) is 0 Å². The Morgan fingerprint density at radius 3 is 1.88 bits per heavy atom. The van der Waals surface area contributed by atoms with Gasteiger partial charge >= 0.3 is 0 Å². The number of hydrogen-bond donors (Lipinski definition) is 1. The molecule has 0 radical (unpaired) electrons. The lowest BCUT2D eigenvalue weighted by molar-refractivity contribution is 1.12. The van der Waals surface area contributed by atoms with Gasteiger partial charge in [-0.2, -0.15) is 0 Å². The first kappa shape index (κ1) is 27.4. The first-order valence-electron chi connectivity index (χ1n) is 16.7. The highest BCUT2D eigenvalue weighted by Gasteiger charge is 2.27. The Morgan fingerprint density at radius 2 is 1.16 bits per heavy atom. The summed E-state index contributed by atoms with van der Waals surface area (Å²) in [4.78, 5) is 1.35. The number of fused-ring (bicyclic) bond motifs is 12. The zero-order chi connectivity index (χ0) is 32.1. The molecule has 230 valence electrons. The average molecular weight is 661 g/mol. The maximum absolute atomic E-state index is 3.86. The van der Waals surface area contributed by atoms with Gasteiger partial charge in [-0.25, -0.2) is 0 Å². The van der Waals surface area contributed by atoms with E-state index in [1.54, 1.807) is 0 Å². The minimum atomic E-state index is 0.146. The molecule has 0 saturated carbocycles. The van der Waals surface area contributed by atoms with Crippen LogP contribution < -0.4 is 5.32 Å². The molecule has 4 heteroatoms. The van der Waals surface area contributed by atoms with E-state index in [4.69, 9.17) is 0 Å². The van der Waals surface area contributed by atoms with Gasteiger partial charge in [-0.05, 0) is 74.6 Å². The zero-order valence-electron chi connectivity index (χ0n) is 26.4. The maximum atomic E-state index is 3.86. The molecule has 0 fully saturated rings. The predicted molar refractivity (Wildman–Crippen MR) is 213 cm³/mol. The molecule has 8 aromatic carbocycles. The van der Waals surface area contributed by atoms with Crippen molar-refractivity contribution >= 4 is 92.3 Å². The summed E-state index contributed by atoms with van der Waals surface area (Å²) in [7, 11) is 0. The van der Waals surface area contributed by atoms with Gasteiger partial charge in [-0.15, -0.1) is 11.3 Å². The number of thioether (sulfide) groups is 1. The molecule has 11 rings (SSSR count). The van der Waals surface area contributed by atoms with E-state index in [2.05, 4.69) is 168 Å². The third-order valence-electron chi connectivity index (χ3n) is 10.2. The number of thiophene rings is 1. The van der Waals surface area contributed by atoms with Crippen LogP contribution >= 0.6 is 23.1 Å². The molecule has 0 spiro atoms. The zero-order valence-corrected chi connectivity index (χ0v) is 28.0. The van der Waals surface area contributed by atoms with Crippen LogP contribution in [0.3, 0.4) is 0 Å². The van der Waals surface area contributed by atoms with E-state index >= 15 is 0 Å². The fraction of sp³-hybridized carbons (Fsp3) is 0.0222. The third kappa shape index (κ3) is 4.02. The highest BCUT2D eigenvalue weighted by molar-refractivity contribution is 8.00. The minimum absolute atomic E-state index is 0.146. The number of hydrogen-bond acceptors (Lipinski definition) is 3. The molecule has 1 N–H and O–H groups in total. The van der Waals surface area contributed by atoms with Gasteiger partial charge in [-0.1, -0.05) is 133 Å². The predicted octanol–water partition coefficient (Wildman–Crippen LogP) is 13.3. The SMILES string of the molecule is c1ccc(-c2cccc3c2sc2ccc4c(c23)SC(c2ccc(-n3c5ccc6ccccc6c5c5c6ccccc6ccc53)cc2)N4)cc1. The Hall–Kier alpha value is -5.55. The molecular weight excluding hydrogens is 633 g/mol. The Kier molecular flexibility index (Phi) is 5.86. The number of benzene rings is 8. The van der Waals surface area contributed by atoms with Crippen molar-refractivity contribution in [2.45, 2.75) is 10.3 Å². The molecule has 2 aromatic heterocycles. The molecule has 10 aromatic rings. The van der Waals surface area contributed by atoms with E-state index < -0.39 is 0 Å². The lowest BCUT2D eigenvalue weighted by Crippen LogP contribution is -2.01. The summed E-state index contributed by atoms with van der Waals surface area (Å²) in [6.45, 7) is 0. The molecule has 49 heavy (non-hydrogen) atoms. The van der Waals surface area contributed by atoms with Gasteiger partial charge < -0.3 is 9.88 Å². The molecule has 1 aliphatic heterocycles. The Bertz CT molecular complexity index is 2840. The second-order valence-corrected chi connectivity index (χ2v) is 15.1. The van der Waals surface area contributed by atoms with E-state index in [1.807, 2.05) is 23.1 Å². The van der Waals surface area contributed by atoms with Crippen molar-refractivity contribution < 1.29 is 0 Å². The van der Waals surface area contributed by atoms with Gasteiger partial charge in [0, 0.05) is 47.2 Å². The number of rotatable bonds is 3. The first-order valence-corrected chi connectivity index (χ1v) is 18.4. The van der Waals surface area contributed by atoms with Crippen LogP contribution in [0.2, 0.25) is 0 Å². The molecular formula is C45H28N2S2. The van der Waals surface area contributed by atoms with Gasteiger partial charge in [0.15, 0.2) is 0 Å². The third-order valence-corrected chi connectivity index (χ3v) is 12.7. The van der Waals surface area contributed by atoms with Crippen molar-refractivity contribution in [2.24, 2.45) is 0 Å². The van der Waals surface area contributed by atoms with E-state index in [1.165, 1.54) is 96.5 Å². The van der Waals surface area contributed by atoms with Gasteiger partial charge in [0.05, 0.1) is 11.0 Å². The molecule has 1 aliphatic rings. The Morgan fingerprint density at radius 1 is 0.510 bits per heavy atom. The van der Waals surface area contributed by atoms with Gasteiger partial charge in [0.25, 0.3) is 0 Å². The van der Waals surface area contributed by atoms with Crippen molar-refractivity contribution in [1.82, 2.24) is 4.57 Å². The van der Waals surface area contributed by atoms with E-state index in [9.17, 15) is 0 Å². The second-order valence-electron chi connectivity index (χ2n) is 12.9. The van der Waals surface area contributed by atoms with Gasteiger partial charge in [-0.3, -0.25) is 0 Å². The van der Waals surface area contributed by atoms with E-state index in [-0.39, 0.29) is 5.37 Å². The average Bonchev–Trinajstić information content (AvgIpc) is 3.87. The Labute approximate surface area is 291 Å². The van der Waals surface area contributed by atoms with Crippen LogP contribution in [0, 0.1) is 0 Å². The number of nitrogens with one attached hydrogen (secondary N) is 1. The minimum Gasteiger partial charge on any atom is -0.368 e. The van der Waals surface area contributed by atoms with Crippen molar-refractivity contribution in [3.8, 4) is 16.8 Å². The fourth-order valence-electron chi connectivity index (χ4n) is 8.00. The van der Waals surface area contributed by atoms with E-state index in [0.717, 1.165) is 0 Å². The summed E-state index contributed by atoms with van der Waals surface area (Å²) < 4.78 is 5.15. The molecule has 0 aliphatic carbocycles. The summed E-state index contributed by atoms with van der Waals surface area (Å²) in [5.41, 5.74) is 8.72. The molecule has 0 amide bonds. The first-order chi connectivity index (χ1) is 24.3.